The van der Waals surface area contributed by atoms with Crippen LogP contribution in [-0.4, -0.2) is 9.55 Å². The zero-order valence-corrected chi connectivity index (χ0v) is 12.4. The van der Waals surface area contributed by atoms with Gasteiger partial charge in [-0.2, -0.15) is 0 Å². The molecule has 3 rings (SSSR count). The average molecular weight is 308 g/mol. The van der Waals surface area contributed by atoms with Crippen LogP contribution in [0, 0.1) is 5.92 Å². The molecule has 18 heavy (non-hydrogen) atoms. The number of fused-ring (bicyclic) bond motifs is 1. The summed E-state index contributed by atoms with van der Waals surface area (Å²) < 4.78 is 3.31. The highest BCUT2D eigenvalue weighted by molar-refractivity contribution is 9.10. The Bertz CT molecular complexity index is 596. The first kappa shape index (κ1) is 12.2. The highest BCUT2D eigenvalue weighted by atomic mass is 79.9. The van der Waals surface area contributed by atoms with Gasteiger partial charge in [0.05, 0.1) is 16.6 Å². The van der Waals surface area contributed by atoms with Crippen molar-refractivity contribution in [2.24, 2.45) is 11.7 Å². The second-order valence-electron chi connectivity index (χ2n) is 5.37. The standard InChI is InChI=1S/C14H18BrN3/c1-3-18-12-7-6-10(15)8-11(12)17-13(18)14(2,16)9-4-5-9/h6-9H,3-5,16H2,1-2H3. The van der Waals surface area contributed by atoms with Crippen molar-refractivity contribution in [2.45, 2.75) is 38.8 Å². The van der Waals surface area contributed by atoms with Gasteiger partial charge in [-0.25, -0.2) is 4.98 Å². The van der Waals surface area contributed by atoms with Crippen LogP contribution in [-0.2, 0) is 12.1 Å². The van der Waals surface area contributed by atoms with E-state index in [9.17, 15) is 0 Å². The van der Waals surface area contributed by atoms with Gasteiger partial charge in [-0.3, -0.25) is 0 Å². The molecule has 1 aliphatic carbocycles. The average Bonchev–Trinajstić information content (AvgIpc) is 3.11. The maximum Gasteiger partial charge on any atom is 0.130 e. The summed E-state index contributed by atoms with van der Waals surface area (Å²) in [5.74, 6) is 1.61. The number of aryl methyl sites for hydroxylation is 1. The van der Waals surface area contributed by atoms with Crippen molar-refractivity contribution in [1.29, 1.82) is 0 Å². The molecule has 1 aromatic heterocycles. The largest absolute Gasteiger partial charge is 0.327 e. The number of hydrogen-bond acceptors (Lipinski definition) is 2. The molecule has 0 amide bonds. The van der Waals surface area contributed by atoms with E-state index in [2.05, 4.69) is 52.5 Å². The first-order valence-corrected chi connectivity index (χ1v) is 7.28. The minimum absolute atomic E-state index is 0.304. The molecular formula is C14H18BrN3. The van der Waals surface area contributed by atoms with Crippen LogP contribution >= 0.6 is 15.9 Å². The van der Waals surface area contributed by atoms with Crippen molar-refractivity contribution >= 4 is 27.0 Å². The number of halogens is 1. The lowest BCUT2D eigenvalue weighted by Gasteiger charge is -2.24. The van der Waals surface area contributed by atoms with Crippen molar-refractivity contribution in [3.8, 4) is 0 Å². The van der Waals surface area contributed by atoms with E-state index in [-0.39, 0.29) is 5.54 Å². The molecule has 0 radical (unpaired) electrons. The number of nitrogens with two attached hydrogens (primary N) is 1. The van der Waals surface area contributed by atoms with Crippen molar-refractivity contribution in [1.82, 2.24) is 9.55 Å². The van der Waals surface area contributed by atoms with E-state index < -0.39 is 0 Å². The van der Waals surface area contributed by atoms with Gasteiger partial charge in [0.15, 0.2) is 0 Å². The minimum Gasteiger partial charge on any atom is -0.327 e. The number of hydrogen-bond donors (Lipinski definition) is 1. The summed E-state index contributed by atoms with van der Waals surface area (Å²) in [4.78, 5) is 4.79. The summed E-state index contributed by atoms with van der Waals surface area (Å²) in [7, 11) is 0. The van der Waals surface area contributed by atoms with Gasteiger partial charge >= 0.3 is 0 Å². The molecule has 1 unspecified atom stereocenters. The van der Waals surface area contributed by atoms with Gasteiger partial charge < -0.3 is 10.3 Å². The lowest BCUT2D eigenvalue weighted by Crippen LogP contribution is -2.38. The van der Waals surface area contributed by atoms with Gasteiger partial charge in [0.1, 0.15) is 5.82 Å². The number of imidazole rings is 1. The summed E-state index contributed by atoms with van der Waals surface area (Å²) in [6.45, 7) is 5.18. The molecule has 0 saturated heterocycles. The molecule has 0 bridgehead atoms. The lowest BCUT2D eigenvalue weighted by molar-refractivity contribution is 0.385. The van der Waals surface area contributed by atoms with Crippen LogP contribution in [0.5, 0.6) is 0 Å². The van der Waals surface area contributed by atoms with Gasteiger partial charge in [0.2, 0.25) is 0 Å². The normalized spacial score (nSPS) is 19.1. The molecule has 4 heteroatoms. The monoisotopic (exact) mass is 307 g/mol. The third kappa shape index (κ3) is 1.79. The van der Waals surface area contributed by atoms with Gasteiger partial charge in [0, 0.05) is 11.0 Å². The van der Waals surface area contributed by atoms with Gasteiger partial charge in [-0.05, 0) is 50.8 Å². The summed E-state index contributed by atoms with van der Waals surface area (Å²) in [5.41, 5.74) is 8.42. The molecule has 3 nitrogen and oxygen atoms in total. The van der Waals surface area contributed by atoms with Crippen LogP contribution < -0.4 is 5.73 Å². The molecule has 1 heterocycles. The van der Waals surface area contributed by atoms with Crippen LogP contribution in [0.3, 0.4) is 0 Å². The van der Waals surface area contributed by atoms with Gasteiger partial charge in [-0.1, -0.05) is 15.9 Å². The topological polar surface area (TPSA) is 43.8 Å². The van der Waals surface area contributed by atoms with E-state index in [4.69, 9.17) is 10.7 Å². The van der Waals surface area contributed by atoms with E-state index in [1.165, 1.54) is 18.4 Å². The minimum atomic E-state index is -0.304. The second-order valence-corrected chi connectivity index (χ2v) is 6.29. The van der Waals surface area contributed by atoms with E-state index >= 15 is 0 Å². The number of benzene rings is 1. The fraction of sp³-hybridized carbons (Fsp3) is 0.500. The van der Waals surface area contributed by atoms with Crippen molar-refractivity contribution in [3.05, 3.63) is 28.5 Å². The number of nitrogens with zero attached hydrogens (tertiary/aromatic N) is 2. The molecule has 1 atom stereocenters. The maximum atomic E-state index is 6.53. The number of aromatic nitrogens is 2. The van der Waals surface area contributed by atoms with Crippen LogP contribution in [0.25, 0.3) is 11.0 Å². The third-order valence-electron chi connectivity index (χ3n) is 3.93. The Labute approximate surface area is 116 Å². The predicted molar refractivity (Wildman–Crippen MR) is 77.4 cm³/mol. The molecule has 96 valence electrons. The lowest BCUT2D eigenvalue weighted by atomic mass is 9.96. The van der Waals surface area contributed by atoms with Gasteiger partial charge in [0.25, 0.3) is 0 Å². The molecular weight excluding hydrogens is 290 g/mol. The van der Waals surface area contributed by atoms with E-state index in [1.807, 2.05) is 0 Å². The molecule has 1 saturated carbocycles. The Morgan fingerprint density at radius 2 is 2.22 bits per heavy atom. The Kier molecular flexibility index (Phi) is 2.75. The Morgan fingerprint density at radius 1 is 1.50 bits per heavy atom. The smallest absolute Gasteiger partial charge is 0.130 e. The first-order chi connectivity index (χ1) is 8.54. The quantitative estimate of drug-likeness (QED) is 0.944. The summed E-state index contributed by atoms with van der Waals surface area (Å²) in [5, 5.41) is 0. The van der Waals surface area contributed by atoms with Crippen molar-refractivity contribution in [2.75, 3.05) is 0 Å². The highest BCUT2D eigenvalue weighted by Crippen LogP contribution is 2.44. The Hall–Kier alpha value is -0.870. The molecule has 2 aromatic rings. The predicted octanol–water partition coefficient (Wildman–Crippen LogP) is 3.40. The van der Waals surface area contributed by atoms with Crippen LogP contribution in [0.4, 0.5) is 0 Å². The van der Waals surface area contributed by atoms with Crippen LogP contribution in [0.15, 0.2) is 22.7 Å². The Morgan fingerprint density at radius 3 is 2.83 bits per heavy atom. The molecule has 1 aliphatic rings. The Balaban J connectivity index is 2.22. The highest BCUT2D eigenvalue weighted by Gasteiger charge is 2.42. The van der Waals surface area contributed by atoms with Crippen LogP contribution in [0.1, 0.15) is 32.5 Å². The van der Waals surface area contributed by atoms with E-state index in [0.29, 0.717) is 5.92 Å². The SMILES string of the molecule is CCn1c(C(C)(N)C2CC2)nc2cc(Br)ccc21. The third-order valence-corrected chi connectivity index (χ3v) is 4.43. The molecule has 1 aromatic carbocycles. The maximum absolute atomic E-state index is 6.53. The van der Waals surface area contributed by atoms with Crippen molar-refractivity contribution in [3.63, 3.8) is 0 Å². The fourth-order valence-electron chi connectivity index (χ4n) is 2.70. The van der Waals surface area contributed by atoms with E-state index in [1.54, 1.807) is 0 Å². The summed E-state index contributed by atoms with van der Waals surface area (Å²) in [6.07, 6.45) is 2.45. The van der Waals surface area contributed by atoms with Crippen molar-refractivity contribution < 1.29 is 0 Å². The van der Waals surface area contributed by atoms with Crippen LogP contribution in [0.2, 0.25) is 0 Å². The molecule has 0 spiro atoms. The molecule has 0 aliphatic heterocycles. The first-order valence-electron chi connectivity index (χ1n) is 6.49. The zero-order valence-electron chi connectivity index (χ0n) is 10.8. The fourth-order valence-corrected chi connectivity index (χ4v) is 3.05. The molecule has 1 fully saturated rings. The summed E-state index contributed by atoms with van der Waals surface area (Å²) >= 11 is 3.50. The second kappa shape index (κ2) is 4.07. The molecule has 2 N–H and O–H groups in total. The van der Waals surface area contributed by atoms with Gasteiger partial charge in [-0.15, -0.1) is 0 Å². The zero-order chi connectivity index (χ0) is 12.9. The van der Waals surface area contributed by atoms with E-state index in [0.717, 1.165) is 22.4 Å². The number of rotatable bonds is 3. The summed E-state index contributed by atoms with van der Waals surface area (Å²) in [6, 6.07) is 6.24.